The summed E-state index contributed by atoms with van der Waals surface area (Å²) in [7, 11) is 0. The molecule has 0 atom stereocenters. The summed E-state index contributed by atoms with van der Waals surface area (Å²) >= 11 is 3.48. The fourth-order valence-electron chi connectivity index (χ4n) is 1.71. The number of pyridine rings is 1. The second-order valence-electron chi connectivity index (χ2n) is 4.21. The van der Waals surface area contributed by atoms with E-state index >= 15 is 0 Å². The van der Waals surface area contributed by atoms with Gasteiger partial charge in [0.1, 0.15) is 5.82 Å². The fourth-order valence-corrected chi connectivity index (χ4v) is 2.18. The molecular formula is C14H16BrN3O. The predicted octanol–water partition coefficient (Wildman–Crippen LogP) is 2.94. The van der Waals surface area contributed by atoms with Crippen LogP contribution in [0, 0.1) is 0 Å². The van der Waals surface area contributed by atoms with Crippen LogP contribution in [-0.4, -0.2) is 24.0 Å². The quantitative estimate of drug-likeness (QED) is 0.890. The van der Waals surface area contributed by atoms with Gasteiger partial charge in [-0.05, 0) is 40.5 Å². The van der Waals surface area contributed by atoms with Gasteiger partial charge < -0.3 is 10.6 Å². The standard InChI is InChI=1S/C14H16BrN3O/c1-2-8-16-13(19)9-17-12-7-6-10-4-3-5-11(15)14(10)18-12/h3-7H,2,8-9H2,1H3,(H,16,19)(H,17,18). The second kappa shape index (κ2) is 6.52. The lowest BCUT2D eigenvalue weighted by molar-refractivity contribution is -0.119. The number of carbonyl (C=O) groups excluding carboxylic acids is 1. The first kappa shape index (κ1) is 13.8. The molecule has 0 aliphatic rings. The number of hydrogen-bond donors (Lipinski definition) is 2. The number of aromatic nitrogens is 1. The third-order valence-corrected chi connectivity index (χ3v) is 3.31. The van der Waals surface area contributed by atoms with Crippen molar-refractivity contribution in [3.05, 3.63) is 34.8 Å². The van der Waals surface area contributed by atoms with Crippen LogP contribution in [0.1, 0.15) is 13.3 Å². The molecule has 2 N–H and O–H groups in total. The Balaban J connectivity index is 2.05. The van der Waals surface area contributed by atoms with Crippen molar-refractivity contribution in [1.82, 2.24) is 10.3 Å². The molecule has 5 heteroatoms. The lowest BCUT2D eigenvalue weighted by atomic mass is 10.2. The molecule has 0 saturated carbocycles. The first-order valence-corrected chi connectivity index (χ1v) is 7.06. The van der Waals surface area contributed by atoms with E-state index in [0.29, 0.717) is 12.4 Å². The number of benzene rings is 1. The molecule has 1 amide bonds. The number of para-hydroxylation sites is 1. The lowest BCUT2D eigenvalue weighted by Gasteiger charge is -2.07. The van der Waals surface area contributed by atoms with Gasteiger partial charge in [-0.3, -0.25) is 4.79 Å². The highest BCUT2D eigenvalue weighted by atomic mass is 79.9. The molecule has 1 aromatic carbocycles. The SMILES string of the molecule is CCCNC(=O)CNc1ccc2cccc(Br)c2n1. The van der Waals surface area contributed by atoms with Crippen LogP contribution in [0.25, 0.3) is 10.9 Å². The smallest absolute Gasteiger partial charge is 0.239 e. The second-order valence-corrected chi connectivity index (χ2v) is 5.07. The van der Waals surface area contributed by atoms with E-state index in [-0.39, 0.29) is 12.5 Å². The predicted molar refractivity (Wildman–Crippen MR) is 81.2 cm³/mol. The van der Waals surface area contributed by atoms with E-state index in [9.17, 15) is 4.79 Å². The molecule has 0 fully saturated rings. The van der Waals surface area contributed by atoms with E-state index < -0.39 is 0 Å². The average molecular weight is 322 g/mol. The lowest BCUT2D eigenvalue weighted by Crippen LogP contribution is -2.30. The Kier molecular flexibility index (Phi) is 4.74. The topological polar surface area (TPSA) is 54.0 Å². The summed E-state index contributed by atoms with van der Waals surface area (Å²) in [4.78, 5) is 16.0. The van der Waals surface area contributed by atoms with Gasteiger partial charge in [-0.1, -0.05) is 19.1 Å². The van der Waals surface area contributed by atoms with E-state index in [2.05, 4.69) is 31.5 Å². The third-order valence-electron chi connectivity index (χ3n) is 2.67. The number of halogens is 1. The van der Waals surface area contributed by atoms with Crippen molar-refractivity contribution >= 4 is 38.6 Å². The molecule has 100 valence electrons. The van der Waals surface area contributed by atoms with Gasteiger partial charge >= 0.3 is 0 Å². The molecule has 0 aliphatic carbocycles. The minimum Gasteiger partial charge on any atom is -0.361 e. The number of hydrogen-bond acceptors (Lipinski definition) is 3. The highest BCUT2D eigenvalue weighted by Crippen LogP contribution is 2.23. The van der Waals surface area contributed by atoms with E-state index in [1.807, 2.05) is 37.3 Å². The molecule has 0 radical (unpaired) electrons. The maximum Gasteiger partial charge on any atom is 0.239 e. The molecule has 2 aromatic rings. The number of nitrogens with zero attached hydrogens (tertiary/aromatic N) is 1. The Morgan fingerprint density at radius 1 is 1.32 bits per heavy atom. The summed E-state index contributed by atoms with van der Waals surface area (Å²) in [5.41, 5.74) is 0.890. The van der Waals surface area contributed by atoms with Crippen LogP contribution < -0.4 is 10.6 Å². The zero-order chi connectivity index (χ0) is 13.7. The van der Waals surface area contributed by atoms with Crippen LogP contribution in [0.15, 0.2) is 34.8 Å². The molecule has 19 heavy (non-hydrogen) atoms. The minimum absolute atomic E-state index is 0.0177. The molecular weight excluding hydrogens is 306 g/mol. The number of nitrogens with one attached hydrogen (secondary N) is 2. The average Bonchev–Trinajstić information content (AvgIpc) is 2.43. The van der Waals surface area contributed by atoms with Gasteiger partial charge in [-0.25, -0.2) is 4.98 Å². The van der Waals surface area contributed by atoms with Crippen LogP contribution in [0.2, 0.25) is 0 Å². The molecule has 1 aromatic heterocycles. The monoisotopic (exact) mass is 321 g/mol. The molecule has 0 spiro atoms. The molecule has 0 aliphatic heterocycles. The molecule has 1 heterocycles. The van der Waals surface area contributed by atoms with Crippen LogP contribution in [-0.2, 0) is 4.79 Å². The highest BCUT2D eigenvalue weighted by Gasteiger charge is 2.03. The number of rotatable bonds is 5. The van der Waals surface area contributed by atoms with Gasteiger partial charge in [0.25, 0.3) is 0 Å². The zero-order valence-corrected chi connectivity index (χ0v) is 12.3. The minimum atomic E-state index is -0.0177. The number of fused-ring (bicyclic) bond motifs is 1. The van der Waals surface area contributed by atoms with Gasteiger partial charge in [0.05, 0.1) is 12.1 Å². The molecule has 0 unspecified atom stereocenters. The largest absolute Gasteiger partial charge is 0.361 e. The third kappa shape index (κ3) is 3.67. The van der Waals surface area contributed by atoms with Gasteiger partial charge in [-0.15, -0.1) is 0 Å². The van der Waals surface area contributed by atoms with E-state index in [1.54, 1.807) is 0 Å². The van der Waals surface area contributed by atoms with Crippen molar-refractivity contribution in [2.45, 2.75) is 13.3 Å². The van der Waals surface area contributed by atoms with Crippen molar-refractivity contribution in [2.24, 2.45) is 0 Å². The van der Waals surface area contributed by atoms with Crippen molar-refractivity contribution in [3.8, 4) is 0 Å². The highest BCUT2D eigenvalue weighted by molar-refractivity contribution is 9.10. The summed E-state index contributed by atoms with van der Waals surface area (Å²) in [6.45, 7) is 2.97. The first-order chi connectivity index (χ1) is 9.20. The summed E-state index contributed by atoms with van der Waals surface area (Å²) in [5.74, 6) is 0.682. The normalized spacial score (nSPS) is 10.4. The number of anilines is 1. The van der Waals surface area contributed by atoms with E-state index in [1.165, 1.54) is 0 Å². The number of amides is 1. The summed E-state index contributed by atoms with van der Waals surface area (Å²) in [6.07, 6.45) is 0.937. The summed E-state index contributed by atoms with van der Waals surface area (Å²) in [6, 6.07) is 9.79. The fraction of sp³-hybridized carbons (Fsp3) is 0.286. The van der Waals surface area contributed by atoms with E-state index in [4.69, 9.17) is 0 Å². The van der Waals surface area contributed by atoms with Crippen molar-refractivity contribution in [3.63, 3.8) is 0 Å². The van der Waals surface area contributed by atoms with Gasteiger partial charge in [0.15, 0.2) is 0 Å². The maximum absolute atomic E-state index is 11.5. The van der Waals surface area contributed by atoms with Crippen molar-refractivity contribution < 1.29 is 4.79 Å². The number of carbonyl (C=O) groups is 1. The van der Waals surface area contributed by atoms with Crippen LogP contribution in [0.3, 0.4) is 0 Å². The van der Waals surface area contributed by atoms with Gasteiger partial charge in [-0.2, -0.15) is 0 Å². The maximum atomic E-state index is 11.5. The van der Waals surface area contributed by atoms with Gasteiger partial charge in [0, 0.05) is 16.4 Å². The first-order valence-electron chi connectivity index (χ1n) is 6.26. The van der Waals surface area contributed by atoms with Crippen LogP contribution in [0.4, 0.5) is 5.82 Å². The van der Waals surface area contributed by atoms with Crippen molar-refractivity contribution in [1.29, 1.82) is 0 Å². The zero-order valence-electron chi connectivity index (χ0n) is 10.7. The Labute approximate surface area is 120 Å². The Bertz CT molecular complexity index is 586. The Hall–Kier alpha value is -1.62. The molecule has 2 rings (SSSR count). The van der Waals surface area contributed by atoms with Crippen molar-refractivity contribution in [2.75, 3.05) is 18.4 Å². The Morgan fingerprint density at radius 2 is 2.16 bits per heavy atom. The molecule has 4 nitrogen and oxygen atoms in total. The summed E-state index contributed by atoms with van der Waals surface area (Å²) in [5, 5.41) is 6.91. The molecule has 0 saturated heterocycles. The van der Waals surface area contributed by atoms with Crippen LogP contribution in [0.5, 0.6) is 0 Å². The Morgan fingerprint density at radius 3 is 2.95 bits per heavy atom. The van der Waals surface area contributed by atoms with Crippen LogP contribution >= 0.6 is 15.9 Å². The van der Waals surface area contributed by atoms with Gasteiger partial charge in [0.2, 0.25) is 5.91 Å². The summed E-state index contributed by atoms with van der Waals surface area (Å²) < 4.78 is 0.948. The molecule has 0 bridgehead atoms. The van der Waals surface area contributed by atoms with E-state index in [0.717, 1.165) is 21.8 Å².